The first-order valence-corrected chi connectivity index (χ1v) is 6.68. The minimum Gasteiger partial charge on any atom is -0.462 e. The van der Waals surface area contributed by atoms with Crippen LogP contribution >= 0.6 is 11.6 Å². The van der Waals surface area contributed by atoms with E-state index in [1.165, 1.54) is 18.2 Å². The number of rotatable bonds is 4. The number of anilines is 3. The Morgan fingerprint density at radius 3 is 2.81 bits per heavy atom. The fraction of sp³-hybridized carbons (Fsp3) is 0.133. The van der Waals surface area contributed by atoms with Crippen molar-refractivity contribution >= 4 is 34.6 Å². The molecule has 6 heteroatoms. The normalized spacial score (nSPS) is 10.2. The second-order valence-electron chi connectivity index (χ2n) is 4.25. The van der Waals surface area contributed by atoms with Crippen molar-refractivity contribution in [2.45, 2.75) is 6.92 Å². The van der Waals surface area contributed by atoms with E-state index in [0.29, 0.717) is 11.4 Å². The van der Waals surface area contributed by atoms with Crippen molar-refractivity contribution in [3.63, 3.8) is 0 Å². The van der Waals surface area contributed by atoms with E-state index >= 15 is 0 Å². The second-order valence-corrected chi connectivity index (χ2v) is 4.65. The van der Waals surface area contributed by atoms with Gasteiger partial charge in [-0.25, -0.2) is 9.18 Å². The van der Waals surface area contributed by atoms with Crippen LogP contribution in [0.2, 0.25) is 5.02 Å². The number of nitrogens with two attached hydrogens (primary N) is 1. The van der Waals surface area contributed by atoms with Crippen molar-refractivity contribution in [3.05, 3.63) is 52.8 Å². The fourth-order valence-corrected chi connectivity index (χ4v) is 2.01. The molecule has 110 valence electrons. The number of hydrogen-bond acceptors (Lipinski definition) is 4. The third-order valence-electron chi connectivity index (χ3n) is 2.76. The number of nitrogens with one attached hydrogen (secondary N) is 1. The monoisotopic (exact) mass is 308 g/mol. The number of carbonyl (C=O) groups is 1. The maximum absolute atomic E-state index is 13.8. The van der Waals surface area contributed by atoms with Gasteiger partial charge in [-0.3, -0.25) is 0 Å². The van der Waals surface area contributed by atoms with Crippen molar-refractivity contribution in [2.75, 3.05) is 17.7 Å². The van der Waals surface area contributed by atoms with Crippen molar-refractivity contribution in [1.82, 2.24) is 0 Å². The Morgan fingerprint density at radius 1 is 1.38 bits per heavy atom. The van der Waals surface area contributed by atoms with Gasteiger partial charge in [0.15, 0.2) is 0 Å². The number of hydrogen-bond donors (Lipinski definition) is 2. The fourth-order valence-electron chi connectivity index (χ4n) is 1.80. The Kier molecular flexibility index (Phi) is 4.65. The number of halogens is 2. The zero-order valence-electron chi connectivity index (χ0n) is 11.3. The minimum atomic E-state index is -0.542. The quantitative estimate of drug-likeness (QED) is 0.662. The summed E-state index contributed by atoms with van der Waals surface area (Å²) in [6.45, 7) is 1.93. The predicted octanol–water partition coefficient (Wildman–Crippen LogP) is 3.98. The van der Waals surface area contributed by atoms with Crippen LogP contribution < -0.4 is 11.1 Å². The molecule has 0 spiro atoms. The first-order chi connectivity index (χ1) is 10.0. The summed E-state index contributed by atoms with van der Waals surface area (Å²) in [5.41, 5.74) is 6.77. The van der Waals surface area contributed by atoms with Gasteiger partial charge in [-0.15, -0.1) is 0 Å². The molecule has 2 aromatic rings. The van der Waals surface area contributed by atoms with Gasteiger partial charge in [0, 0.05) is 5.69 Å². The molecule has 0 heterocycles. The van der Waals surface area contributed by atoms with E-state index in [4.69, 9.17) is 22.1 Å². The molecular formula is C15H14ClFN2O2. The van der Waals surface area contributed by atoms with E-state index < -0.39 is 11.8 Å². The summed E-state index contributed by atoms with van der Waals surface area (Å²) in [5.74, 6) is -1.06. The zero-order valence-corrected chi connectivity index (χ0v) is 12.1. The zero-order chi connectivity index (χ0) is 15.4. The summed E-state index contributed by atoms with van der Waals surface area (Å²) in [6.07, 6.45) is 0. The van der Waals surface area contributed by atoms with Crippen LogP contribution in [0.1, 0.15) is 17.3 Å². The molecular weight excluding hydrogens is 295 g/mol. The lowest BCUT2D eigenvalue weighted by Crippen LogP contribution is -2.09. The van der Waals surface area contributed by atoms with Crippen LogP contribution in [0, 0.1) is 5.82 Å². The number of benzene rings is 2. The van der Waals surface area contributed by atoms with Gasteiger partial charge in [0.2, 0.25) is 0 Å². The number of nitrogen functional groups attached to an aromatic ring is 1. The van der Waals surface area contributed by atoms with Crippen LogP contribution in [0.3, 0.4) is 0 Å². The SMILES string of the molecule is CCOC(=O)c1cc(N)ccc1Nc1c(F)cccc1Cl. The van der Waals surface area contributed by atoms with Gasteiger partial charge in [0.1, 0.15) is 5.82 Å². The van der Waals surface area contributed by atoms with Crippen molar-refractivity contribution < 1.29 is 13.9 Å². The number of carbonyl (C=O) groups excluding carboxylic acids is 1. The maximum atomic E-state index is 13.8. The summed E-state index contributed by atoms with van der Waals surface area (Å²) >= 11 is 5.96. The Labute approximate surface area is 126 Å². The minimum absolute atomic E-state index is 0.0921. The number of esters is 1. The van der Waals surface area contributed by atoms with Crippen molar-refractivity contribution in [2.24, 2.45) is 0 Å². The van der Waals surface area contributed by atoms with E-state index in [0.717, 1.165) is 0 Å². The summed E-state index contributed by atoms with van der Waals surface area (Å²) in [6, 6.07) is 8.96. The van der Waals surface area contributed by atoms with Crippen LogP contribution in [0.5, 0.6) is 0 Å². The Hall–Kier alpha value is -2.27. The first kappa shape index (κ1) is 15.1. The molecule has 0 bridgehead atoms. The Bertz CT molecular complexity index is 656. The van der Waals surface area contributed by atoms with E-state index in [1.54, 1.807) is 25.1 Å². The smallest absolute Gasteiger partial charge is 0.340 e. The molecule has 0 saturated heterocycles. The molecule has 4 nitrogen and oxygen atoms in total. The molecule has 0 aromatic heterocycles. The van der Waals surface area contributed by atoms with Gasteiger partial charge in [0.05, 0.1) is 28.6 Å². The third-order valence-corrected chi connectivity index (χ3v) is 3.08. The highest BCUT2D eigenvalue weighted by Crippen LogP contribution is 2.30. The topological polar surface area (TPSA) is 64.3 Å². The largest absolute Gasteiger partial charge is 0.462 e. The average Bonchev–Trinajstić information content (AvgIpc) is 2.44. The van der Waals surface area contributed by atoms with E-state index in [1.807, 2.05) is 0 Å². The molecule has 0 aliphatic heterocycles. The van der Waals surface area contributed by atoms with Gasteiger partial charge in [0.25, 0.3) is 0 Å². The van der Waals surface area contributed by atoms with Crippen molar-refractivity contribution in [1.29, 1.82) is 0 Å². The molecule has 0 unspecified atom stereocenters. The highest BCUT2D eigenvalue weighted by molar-refractivity contribution is 6.33. The van der Waals surface area contributed by atoms with Gasteiger partial charge >= 0.3 is 5.97 Å². The van der Waals surface area contributed by atoms with Crippen LogP contribution in [-0.4, -0.2) is 12.6 Å². The molecule has 3 N–H and O–H groups in total. The molecule has 2 rings (SSSR count). The van der Waals surface area contributed by atoms with Gasteiger partial charge in [-0.05, 0) is 37.3 Å². The summed E-state index contributed by atoms with van der Waals surface area (Å²) < 4.78 is 18.8. The lowest BCUT2D eigenvalue weighted by molar-refractivity contribution is 0.0527. The maximum Gasteiger partial charge on any atom is 0.340 e. The number of para-hydroxylation sites is 1. The van der Waals surface area contributed by atoms with Gasteiger partial charge in [-0.1, -0.05) is 17.7 Å². The molecule has 21 heavy (non-hydrogen) atoms. The average molecular weight is 309 g/mol. The molecule has 0 aliphatic carbocycles. The van der Waals surface area contributed by atoms with Crippen LogP contribution in [0.15, 0.2) is 36.4 Å². The molecule has 0 amide bonds. The molecule has 2 aromatic carbocycles. The Balaban J connectivity index is 2.42. The Morgan fingerprint density at radius 2 is 2.14 bits per heavy atom. The second kappa shape index (κ2) is 6.45. The first-order valence-electron chi connectivity index (χ1n) is 6.30. The predicted molar refractivity (Wildman–Crippen MR) is 81.5 cm³/mol. The highest BCUT2D eigenvalue weighted by atomic mass is 35.5. The lowest BCUT2D eigenvalue weighted by Gasteiger charge is -2.13. The summed E-state index contributed by atoms with van der Waals surface area (Å²) in [7, 11) is 0. The molecule has 0 atom stereocenters. The van der Waals surface area contributed by atoms with Crippen LogP contribution in [0.4, 0.5) is 21.5 Å². The molecule has 0 radical (unpaired) electrons. The van der Waals surface area contributed by atoms with E-state index in [2.05, 4.69) is 5.32 Å². The lowest BCUT2D eigenvalue weighted by atomic mass is 10.1. The third kappa shape index (κ3) is 3.44. The summed E-state index contributed by atoms with van der Waals surface area (Å²) in [5, 5.41) is 3.02. The molecule has 0 aliphatic rings. The standard InChI is InChI=1S/C15H14ClFN2O2/c1-2-21-15(20)10-8-9(18)6-7-13(10)19-14-11(16)4-3-5-12(14)17/h3-8,19H,2,18H2,1H3. The van der Waals surface area contributed by atoms with Gasteiger partial charge < -0.3 is 15.8 Å². The van der Waals surface area contributed by atoms with Crippen LogP contribution in [0.25, 0.3) is 0 Å². The van der Waals surface area contributed by atoms with E-state index in [-0.39, 0.29) is 22.9 Å². The highest BCUT2D eigenvalue weighted by Gasteiger charge is 2.15. The van der Waals surface area contributed by atoms with Crippen LogP contribution in [-0.2, 0) is 4.74 Å². The molecule has 0 saturated carbocycles. The van der Waals surface area contributed by atoms with Crippen molar-refractivity contribution in [3.8, 4) is 0 Å². The molecule has 0 fully saturated rings. The number of ether oxygens (including phenoxy) is 1. The summed E-state index contributed by atoms with van der Waals surface area (Å²) in [4.78, 5) is 11.9. The van der Waals surface area contributed by atoms with E-state index in [9.17, 15) is 9.18 Å². The van der Waals surface area contributed by atoms with Gasteiger partial charge in [-0.2, -0.15) is 0 Å².